The highest BCUT2D eigenvalue weighted by atomic mass is 19.4. The van der Waals surface area contributed by atoms with Crippen LogP contribution in [0.1, 0.15) is 29.3 Å². The van der Waals surface area contributed by atoms with E-state index < -0.39 is 78.4 Å². The number of rotatable bonds is 5. The van der Waals surface area contributed by atoms with Crippen molar-refractivity contribution in [2.45, 2.75) is 43.5 Å². The van der Waals surface area contributed by atoms with E-state index >= 15 is 0 Å². The summed E-state index contributed by atoms with van der Waals surface area (Å²) in [5.41, 5.74) is -0.394. The van der Waals surface area contributed by atoms with Gasteiger partial charge in [-0.1, -0.05) is 0 Å². The number of aromatic nitrogens is 4. The summed E-state index contributed by atoms with van der Waals surface area (Å²) in [6, 6.07) is 0.311. The van der Waals surface area contributed by atoms with Gasteiger partial charge >= 0.3 is 12.4 Å². The molecule has 3 aromatic heterocycles. The number of hydrogen-bond acceptors (Lipinski definition) is 8. The number of nitrogens with one attached hydrogen (secondary N) is 1. The highest BCUT2D eigenvalue weighted by Crippen LogP contribution is 2.39. The lowest BCUT2D eigenvalue weighted by molar-refractivity contribution is -0.250. The number of nitrogens with zero attached hydrogens (tertiary/aromatic N) is 5. The van der Waals surface area contributed by atoms with Crippen molar-refractivity contribution in [3.8, 4) is 17.1 Å². The number of pyridine rings is 1. The van der Waals surface area contributed by atoms with Gasteiger partial charge in [0, 0.05) is 24.8 Å². The molecule has 0 bridgehead atoms. The Hall–Kier alpha value is -4.22. The molecular formula is C23H22F7N7O4. The molecule has 0 spiro atoms. The molecule has 18 heteroatoms. The standard InChI is InChI=1S/C23H22F7N7O4/c1-21(40,23(28,29)30)20(39)36-4-3-13(24)14(8-36)35-18(38)11-5-10(7-32-19(11)41-2)15-6-12(22(25,26)27)16-17(31)33-9-34-37(15)16/h5-7,9,13-14,40H,3-4,8H2,1-2H3,(H,35,38)(H2,31,33,34)/t13-,14+,21?/m1/s1. The van der Waals surface area contributed by atoms with Crippen LogP contribution in [-0.2, 0) is 11.0 Å². The molecule has 0 aromatic carbocycles. The summed E-state index contributed by atoms with van der Waals surface area (Å²) in [4.78, 5) is 33.6. The third-order valence-corrected chi connectivity index (χ3v) is 6.57. The topological polar surface area (TPSA) is 148 Å². The average molecular weight is 593 g/mol. The van der Waals surface area contributed by atoms with Crippen molar-refractivity contribution in [1.29, 1.82) is 0 Å². The Labute approximate surface area is 226 Å². The zero-order valence-corrected chi connectivity index (χ0v) is 21.2. The third kappa shape index (κ3) is 5.42. The first-order chi connectivity index (χ1) is 19.0. The molecule has 11 nitrogen and oxygen atoms in total. The number of methoxy groups -OCH3 is 1. The number of nitrogen functional groups attached to an aromatic ring is 1. The number of ether oxygens (including phenoxy) is 1. The molecule has 0 saturated carbocycles. The van der Waals surface area contributed by atoms with Crippen LogP contribution < -0.4 is 15.8 Å². The normalized spacial score (nSPS) is 19.6. The molecule has 41 heavy (non-hydrogen) atoms. The lowest BCUT2D eigenvalue weighted by Crippen LogP contribution is -2.62. The van der Waals surface area contributed by atoms with Crippen molar-refractivity contribution in [3.05, 3.63) is 35.8 Å². The van der Waals surface area contributed by atoms with Gasteiger partial charge in [0.1, 0.15) is 23.6 Å². The summed E-state index contributed by atoms with van der Waals surface area (Å²) >= 11 is 0. The fourth-order valence-corrected chi connectivity index (χ4v) is 4.33. The smallest absolute Gasteiger partial charge is 0.426 e. The number of piperidine rings is 1. The quantitative estimate of drug-likeness (QED) is 0.382. The Bertz CT molecular complexity index is 1490. The predicted octanol–water partition coefficient (Wildman–Crippen LogP) is 2.38. The Kier molecular flexibility index (Phi) is 7.49. The lowest BCUT2D eigenvalue weighted by Gasteiger charge is -2.39. The van der Waals surface area contributed by atoms with Crippen LogP contribution in [0.4, 0.5) is 36.6 Å². The van der Waals surface area contributed by atoms with Crippen LogP contribution in [0.3, 0.4) is 0 Å². The zero-order valence-electron chi connectivity index (χ0n) is 21.2. The van der Waals surface area contributed by atoms with Crippen molar-refractivity contribution >= 4 is 23.1 Å². The van der Waals surface area contributed by atoms with Gasteiger partial charge in [-0.25, -0.2) is 18.9 Å². The van der Waals surface area contributed by atoms with Gasteiger partial charge in [0.05, 0.1) is 24.4 Å². The zero-order chi connectivity index (χ0) is 30.5. The van der Waals surface area contributed by atoms with E-state index in [2.05, 4.69) is 20.4 Å². The van der Waals surface area contributed by atoms with Gasteiger partial charge in [0.25, 0.3) is 11.8 Å². The van der Waals surface area contributed by atoms with Gasteiger partial charge in [0.2, 0.25) is 11.5 Å². The van der Waals surface area contributed by atoms with Gasteiger partial charge in [-0.05, 0) is 25.5 Å². The molecule has 1 aliphatic heterocycles. The Morgan fingerprint density at radius 3 is 2.46 bits per heavy atom. The molecule has 1 unspecified atom stereocenters. The molecule has 0 aliphatic carbocycles. The van der Waals surface area contributed by atoms with E-state index in [1.165, 1.54) is 0 Å². The molecule has 222 valence electrons. The van der Waals surface area contributed by atoms with Crippen molar-refractivity contribution in [3.63, 3.8) is 0 Å². The number of halogens is 7. The number of alkyl halides is 7. The maximum absolute atomic E-state index is 14.7. The van der Waals surface area contributed by atoms with E-state index in [0.717, 1.165) is 36.3 Å². The molecule has 4 N–H and O–H groups in total. The largest absolute Gasteiger partial charge is 0.480 e. The molecule has 4 rings (SSSR count). The fraction of sp³-hybridized carbons (Fsp3) is 0.435. The highest BCUT2D eigenvalue weighted by Gasteiger charge is 2.57. The summed E-state index contributed by atoms with van der Waals surface area (Å²) in [6.07, 6.45) is -10.4. The van der Waals surface area contributed by atoms with Crippen LogP contribution in [0.15, 0.2) is 24.7 Å². The Morgan fingerprint density at radius 1 is 1.17 bits per heavy atom. The summed E-state index contributed by atoms with van der Waals surface area (Å²) in [7, 11) is 1.14. The van der Waals surface area contributed by atoms with E-state index in [4.69, 9.17) is 10.5 Å². The van der Waals surface area contributed by atoms with Crippen molar-refractivity contribution < 1.29 is 50.2 Å². The second kappa shape index (κ2) is 10.3. The minimum atomic E-state index is -5.31. The van der Waals surface area contributed by atoms with Crippen LogP contribution in [0.2, 0.25) is 0 Å². The molecule has 2 amide bonds. The number of fused-ring (bicyclic) bond motifs is 1. The van der Waals surface area contributed by atoms with Crippen LogP contribution >= 0.6 is 0 Å². The van der Waals surface area contributed by atoms with E-state index in [1.807, 2.05) is 0 Å². The van der Waals surface area contributed by atoms with Crippen LogP contribution in [0.5, 0.6) is 5.88 Å². The predicted molar refractivity (Wildman–Crippen MR) is 126 cm³/mol. The number of nitrogens with two attached hydrogens (primary N) is 1. The second-order valence-electron chi connectivity index (χ2n) is 9.33. The maximum Gasteiger partial charge on any atom is 0.426 e. The lowest BCUT2D eigenvalue weighted by atomic mass is 9.98. The fourth-order valence-electron chi connectivity index (χ4n) is 4.33. The molecule has 4 heterocycles. The minimum absolute atomic E-state index is 0.0574. The van der Waals surface area contributed by atoms with Crippen LogP contribution in [0, 0.1) is 0 Å². The first-order valence-corrected chi connectivity index (χ1v) is 11.7. The van der Waals surface area contributed by atoms with Gasteiger partial charge < -0.3 is 25.8 Å². The summed E-state index contributed by atoms with van der Waals surface area (Å²) < 4.78 is 101. The summed E-state index contributed by atoms with van der Waals surface area (Å²) in [5.74, 6) is -3.55. The van der Waals surface area contributed by atoms with E-state index in [9.17, 15) is 45.4 Å². The molecular weight excluding hydrogens is 571 g/mol. The first-order valence-electron chi connectivity index (χ1n) is 11.7. The van der Waals surface area contributed by atoms with Crippen molar-refractivity contribution in [2.75, 3.05) is 25.9 Å². The number of hydrogen-bond donors (Lipinski definition) is 3. The third-order valence-electron chi connectivity index (χ3n) is 6.57. The Morgan fingerprint density at radius 2 is 1.85 bits per heavy atom. The van der Waals surface area contributed by atoms with Gasteiger partial charge in [-0.15, -0.1) is 0 Å². The molecule has 1 aliphatic rings. The number of likely N-dealkylation sites (tertiary alicyclic amines) is 1. The molecule has 1 fully saturated rings. The monoisotopic (exact) mass is 593 g/mol. The van der Waals surface area contributed by atoms with Crippen LogP contribution in [-0.4, -0.2) is 85.6 Å². The summed E-state index contributed by atoms with van der Waals surface area (Å²) in [5, 5.41) is 15.8. The highest BCUT2D eigenvalue weighted by molar-refractivity contribution is 5.98. The van der Waals surface area contributed by atoms with Crippen LogP contribution in [0.25, 0.3) is 16.8 Å². The second-order valence-corrected chi connectivity index (χ2v) is 9.33. The number of anilines is 1. The Balaban J connectivity index is 1.67. The van der Waals surface area contributed by atoms with E-state index in [0.29, 0.717) is 4.90 Å². The SMILES string of the molecule is COc1ncc(-c2cc(C(F)(F)F)c3c(N)ncnn23)cc1C(=O)N[C@H]1CN(C(=O)C(C)(O)C(F)(F)F)CC[C@H]1F. The number of carbonyl (C=O) groups is 2. The molecule has 0 radical (unpaired) electrons. The number of amides is 2. The molecule has 3 aromatic rings. The van der Waals surface area contributed by atoms with Crippen molar-refractivity contribution in [2.24, 2.45) is 0 Å². The summed E-state index contributed by atoms with van der Waals surface area (Å²) in [6.45, 7) is -0.894. The number of aliphatic hydroxyl groups is 1. The average Bonchev–Trinajstić information content (AvgIpc) is 3.30. The molecule has 1 saturated heterocycles. The van der Waals surface area contributed by atoms with Gasteiger partial charge in [-0.3, -0.25) is 9.59 Å². The molecule has 3 atom stereocenters. The van der Waals surface area contributed by atoms with Crippen molar-refractivity contribution in [1.82, 2.24) is 29.8 Å². The van der Waals surface area contributed by atoms with Gasteiger partial charge in [-0.2, -0.15) is 31.4 Å². The minimum Gasteiger partial charge on any atom is -0.480 e. The van der Waals surface area contributed by atoms with Gasteiger partial charge in [0.15, 0.2) is 5.82 Å². The number of carbonyl (C=O) groups excluding carboxylic acids is 2. The van der Waals surface area contributed by atoms with E-state index in [-0.39, 0.29) is 29.6 Å². The first kappa shape index (κ1) is 29.8. The van der Waals surface area contributed by atoms with E-state index in [1.54, 1.807) is 0 Å². The maximum atomic E-state index is 14.7.